The van der Waals surface area contributed by atoms with E-state index in [1.807, 2.05) is 30.5 Å². The molecule has 6 heteroatoms. The summed E-state index contributed by atoms with van der Waals surface area (Å²) in [6.45, 7) is 5.89. The lowest BCUT2D eigenvalue weighted by Gasteiger charge is -2.32. The number of likely N-dealkylation sites (N-methyl/N-ethyl adjacent to an activating group) is 1. The van der Waals surface area contributed by atoms with Crippen LogP contribution in [0, 0.1) is 0 Å². The number of nitrogens with zero attached hydrogens (tertiary/aromatic N) is 4. The molecule has 0 bridgehead atoms. The lowest BCUT2D eigenvalue weighted by Crippen LogP contribution is -2.46. The number of pyridine rings is 1. The van der Waals surface area contributed by atoms with Crippen molar-refractivity contribution < 1.29 is 4.79 Å². The van der Waals surface area contributed by atoms with E-state index in [4.69, 9.17) is 0 Å². The molecule has 0 saturated carbocycles. The molecule has 21 heavy (non-hydrogen) atoms. The predicted molar refractivity (Wildman–Crippen MR) is 81.5 cm³/mol. The number of piperazine rings is 1. The average Bonchev–Trinajstić information content (AvgIpc) is 2.93. The molecule has 1 aliphatic rings. The Labute approximate surface area is 124 Å². The topological polar surface area (TPSA) is 52.9 Å². The predicted octanol–water partition coefficient (Wildman–Crippen LogP) is 0.311. The minimum Gasteiger partial charge on any atom is -0.349 e. The molecule has 0 unspecified atom stereocenters. The van der Waals surface area contributed by atoms with E-state index in [-0.39, 0.29) is 5.91 Å². The molecule has 1 aliphatic heterocycles. The van der Waals surface area contributed by atoms with Gasteiger partial charge >= 0.3 is 0 Å². The van der Waals surface area contributed by atoms with E-state index in [2.05, 4.69) is 27.3 Å². The molecule has 2 aromatic rings. The van der Waals surface area contributed by atoms with E-state index in [0.29, 0.717) is 12.2 Å². The Morgan fingerprint density at radius 1 is 1.29 bits per heavy atom. The zero-order chi connectivity index (χ0) is 14.7. The van der Waals surface area contributed by atoms with Gasteiger partial charge in [0.15, 0.2) is 5.69 Å². The monoisotopic (exact) mass is 287 g/mol. The third-order valence-corrected chi connectivity index (χ3v) is 3.91. The van der Waals surface area contributed by atoms with Crippen molar-refractivity contribution >= 4 is 11.4 Å². The Morgan fingerprint density at radius 3 is 2.86 bits per heavy atom. The van der Waals surface area contributed by atoms with Crippen LogP contribution < -0.4 is 5.32 Å². The summed E-state index contributed by atoms with van der Waals surface area (Å²) in [5, 5.41) is 7.22. The van der Waals surface area contributed by atoms with Crippen LogP contribution in [0.15, 0.2) is 30.5 Å². The zero-order valence-electron chi connectivity index (χ0n) is 12.3. The molecular weight excluding hydrogens is 266 g/mol. The highest BCUT2D eigenvalue weighted by atomic mass is 16.1. The maximum atomic E-state index is 12.1. The van der Waals surface area contributed by atoms with Gasteiger partial charge in [0.05, 0.1) is 5.52 Å². The van der Waals surface area contributed by atoms with Crippen LogP contribution in [0.5, 0.6) is 0 Å². The number of fused-ring (bicyclic) bond motifs is 1. The van der Waals surface area contributed by atoms with Crippen LogP contribution in [0.4, 0.5) is 0 Å². The summed E-state index contributed by atoms with van der Waals surface area (Å²) in [6.07, 6.45) is 1.84. The van der Waals surface area contributed by atoms with Crippen LogP contribution in [0.3, 0.4) is 0 Å². The summed E-state index contributed by atoms with van der Waals surface area (Å²) >= 11 is 0. The highest BCUT2D eigenvalue weighted by Crippen LogP contribution is 2.05. The van der Waals surface area contributed by atoms with E-state index in [9.17, 15) is 4.79 Å². The summed E-state index contributed by atoms with van der Waals surface area (Å²) in [4.78, 5) is 16.8. The normalized spacial score (nSPS) is 17.2. The van der Waals surface area contributed by atoms with Crippen molar-refractivity contribution in [1.82, 2.24) is 24.7 Å². The van der Waals surface area contributed by atoms with Gasteiger partial charge in [-0.15, -0.1) is 0 Å². The average molecular weight is 287 g/mol. The largest absolute Gasteiger partial charge is 0.349 e. The van der Waals surface area contributed by atoms with Crippen molar-refractivity contribution in [2.24, 2.45) is 0 Å². The van der Waals surface area contributed by atoms with Crippen LogP contribution >= 0.6 is 0 Å². The van der Waals surface area contributed by atoms with Gasteiger partial charge in [-0.05, 0) is 25.2 Å². The number of carbonyl (C=O) groups is 1. The van der Waals surface area contributed by atoms with E-state index in [1.165, 1.54) is 0 Å². The number of aromatic nitrogens is 2. The van der Waals surface area contributed by atoms with E-state index in [1.54, 1.807) is 4.52 Å². The first kappa shape index (κ1) is 14.0. The first-order chi connectivity index (χ1) is 10.2. The summed E-state index contributed by atoms with van der Waals surface area (Å²) in [6, 6.07) is 7.58. The molecule has 112 valence electrons. The van der Waals surface area contributed by atoms with Crippen LogP contribution in [0.1, 0.15) is 10.5 Å². The molecule has 6 nitrogen and oxygen atoms in total. The van der Waals surface area contributed by atoms with Crippen molar-refractivity contribution in [3.8, 4) is 0 Å². The number of rotatable bonds is 4. The van der Waals surface area contributed by atoms with Gasteiger partial charge in [0.1, 0.15) is 0 Å². The maximum absolute atomic E-state index is 12.1. The number of hydrogen-bond acceptors (Lipinski definition) is 4. The number of hydrogen-bond donors (Lipinski definition) is 1. The molecule has 1 fully saturated rings. The molecular formula is C15H21N5O. The van der Waals surface area contributed by atoms with E-state index >= 15 is 0 Å². The molecule has 1 amide bonds. The molecule has 0 atom stereocenters. The second kappa shape index (κ2) is 6.24. The number of nitrogens with one attached hydrogen (secondary N) is 1. The molecule has 0 radical (unpaired) electrons. The summed E-state index contributed by atoms with van der Waals surface area (Å²) in [7, 11) is 2.14. The van der Waals surface area contributed by atoms with E-state index < -0.39 is 0 Å². The van der Waals surface area contributed by atoms with Crippen LogP contribution in [-0.2, 0) is 0 Å². The standard InChI is InChI=1S/C15H21N5O/c1-18-8-10-19(11-9-18)7-5-16-15(21)14-12-13-4-2-3-6-20(13)17-14/h2-4,6,12H,5,7-11H2,1H3,(H,16,21). The molecule has 3 heterocycles. The SMILES string of the molecule is CN1CCN(CCNC(=O)c2cc3ccccn3n2)CC1. The molecule has 0 aromatic carbocycles. The quantitative estimate of drug-likeness (QED) is 0.879. The molecule has 0 aliphatic carbocycles. The zero-order valence-corrected chi connectivity index (χ0v) is 12.3. The van der Waals surface area contributed by atoms with Crippen LogP contribution in [0.25, 0.3) is 5.52 Å². The fraction of sp³-hybridized carbons (Fsp3) is 0.467. The highest BCUT2D eigenvalue weighted by molar-refractivity contribution is 5.93. The van der Waals surface area contributed by atoms with Gasteiger partial charge in [-0.25, -0.2) is 4.52 Å². The van der Waals surface area contributed by atoms with Crippen molar-refractivity contribution in [3.05, 3.63) is 36.2 Å². The lowest BCUT2D eigenvalue weighted by molar-refractivity contribution is 0.0936. The summed E-state index contributed by atoms with van der Waals surface area (Å²) in [5.41, 5.74) is 1.40. The first-order valence-electron chi connectivity index (χ1n) is 7.36. The molecule has 3 rings (SSSR count). The van der Waals surface area contributed by atoms with Gasteiger partial charge in [-0.3, -0.25) is 9.69 Å². The fourth-order valence-corrected chi connectivity index (χ4v) is 2.54. The maximum Gasteiger partial charge on any atom is 0.271 e. The Kier molecular flexibility index (Phi) is 4.17. The van der Waals surface area contributed by atoms with Gasteiger partial charge in [0, 0.05) is 45.5 Å². The van der Waals surface area contributed by atoms with Gasteiger partial charge in [0.2, 0.25) is 0 Å². The molecule has 1 saturated heterocycles. The Morgan fingerprint density at radius 2 is 2.10 bits per heavy atom. The minimum atomic E-state index is -0.104. The van der Waals surface area contributed by atoms with Gasteiger partial charge in [-0.2, -0.15) is 5.10 Å². The summed E-state index contributed by atoms with van der Waals surface area (Å²) < 4.78 is 1.72. The fourth-order valence-electron chi connectivity index (χ4n) is 2.54. The van der Waals surface area contributed by atoms with Crippen LogP contribution in [0.2, 0.25) is 0 Å². The van der Waals surface area contributed by atoms with Crippen molar-refractivity contribution in [2.45, 2.75) is 0 Å². The highest BCUT2D eigenvalue weighted by Gasteiger charge is 2.14. The minimum absolute atomic E-state index is 0.104. The number of carbonyl (C=O) groups excluding carboxylic acids is 1. The lowest BCUT2D eigenvalue weighted by atomic mass is 10.3. The Hall–Kier alpha value is -1.92. The smallest absolute Gasteiger partial charge is 0.271 e. The molecule has 2 aromatic heterocycles. The van der Waals surface area contributed by atoms with Gasteiger partial charge in [-0.1, -0.05) is 6.07 Å². The number of amides is 1. The Balaban J connectivity index is 1.50. The van der Waals surface area contributed by atoms with E-state index in [0.717, 1.165) is 38.2 Å². The van der Waals surface area contributed by atoms with Gasteiger partial charge < -0.3 is 10.2 Å². The second-order valence-corrected chi connectivity index (χ2v) is 5.50. The second-order valence-electron chi connectivity index (χ2n) is 5.50. The molecule has 0 spiro atoms. The van der Waals surface area contributed by atoms with Crippen molar-refractivity contribution in [1.29, 1.82) is 0 Å². The van der Waals surface area contributed by atoms with Gasteiger partial charge in [0.25, 0.3) is 5.91 Å². The van der Waals surface area contributed by atoms with Crippen molar-refractivity contribution in [3.63, 3.8) is 0 Å². The summed E-state index contributed by atoms with van der Waals surface area (Å²) in [5.74, 6) is -0.104. The van der Waals surface area contributed by atoms with Crippen LogP contribution in [-0.4, -0.2) is 71.6 Å². The Bertz CT molecular complexity index is 582. The third kappa shape index (κ3) is 3.40. The first-order valence-corrected chi connectivity index (χ1v) is 7.36. The third-order valence-electron chi connectivity index (χ3n) is 3.91. The molecule has 1 N–H and O–H groups in total. The van der Waals surface area contributed by atoms with Crippen molar-refractivity contribution in [2.75, 3.05) is 46.3 Å².